The summed E-state index contributed by atoms with van der Waals surface area (Å²) < 4.78 is 1.45. The summed E-state index contributed by atoms with van der Waals surface area (Å²) in [5.74, 6) is 2.77. The van der Waals surface area contributed by atoms with E-state index in [-0.39, 0.29) is 0 Å². The fourth-order valence-electron chi connectivity index (χ4n) is 4.05. The van der Waals surface area contributed by atoms with E-state index in [0.29, 0.717) is 0 Å². The third-order valence-corrected chi connectivity index (χ3v) is 5.55. The van der Waals surface area contributed by atoms with Crippen molar-refractivity contribution in [3.05, 3.63) is 0 Å². The minimum Gasteiger partial charge on any atom is -0.321 e. The van der Waals surface area contributed by atoms with Crippen molar-refractivity contribution < 1.29 is 4.48 Å². The van der Waals surface area contributed by atoms with Gasteiger partial charge in [-0.25, -0.2) is 0 Å². The van der Waals surface area contributed by atoms with Crippen molar-refractivity contribution in [2.24, 2.45) is 17.8 Å². The highest BCUT2D eigenvalue weighted by atomic mass is 15.4. The van der Waals surface area contributed by atoms with Crippen LogP contribution in [0.3, 0.4) is 0 Å². The number of hydrogen-bond acceptors (Lipinski definition) is 0. The zero-order chi connectivity index (χ0) is 11.1. The molecule has 0 amide bonds. The van der Waals surface area contributed by atoms with E-state index in [1.165, 1.54) is 43.4 Å². The van der Waals surface area contributed by atoms with Crippen LogP contribution in [0, 0.1) is 17.8 Å². The summed E-state index contributed by atoms with van der Waals surface area (Å²) in [5, 5.41) is 0. The molecule has 4 unspecified atom stereocenters. The molecule has 4 atom stereocenters. The first-order valence-electron chi connectivity index (χ1n) is 6.91. The lowest BCUT2D eigenvalue weighted by molar-refractivity contribution is -0.940. The zero-order valence-electron chi connectivity index (χ0n) is 11.0. The van der Waals surface area contributed by atoms with Crippen LogP contribution in [0.5, 0.6) is 0 Å². The van der Waals surface area contributed by atoms with Crippen LogP contribution in [0.4, 0.5) is 0 Å². The molecule has 2 aliphatic heterocycles. The molecule has 2 saturated heterocycles. The molecule has 0 aromatic rings. The molecule has 88 valence electrons. The Balaban J connectivity index is 2.19. The molecule has 0 aliphatic carbocycles. The van der Waals surface area contributed by atoms with Crippen LogP contribution in [-0.2, 0) is 0 Å². The van der Waals surface area contributed by atoms with Crippen molar-refractivity contribution in [3.8, 4) is 0 Å². The molecule has 0 saturated carbocycles. The lowest BCUT2D eigenvalue weighted by Crippen LogP contribution is -2.53. The summed E-state index contributed by atoms with van der Waals surface area (Å²) >= 11 is 0. The Hall–Kier alpha value is -0.0400. The van der Waals surface area contributed by atoms with E-state index in [4.69, 9.17) is 0 Å². The maximum atomic E-state index is 2.51. The Morgan fingerprint density at radius 2 is 1.47 bits per heavy atom. The molecule has 0 aromatic carbocycles. The van der Waals surface area contributed by atoms with Gasteiger partial charge in [-0.3, -0.25) is 0 Å². The predicted molar refractivity (Wildman–Crippen MR) is 65.7 cm³/mol. The van der Waals surface area contributed by atoms with Crippen LogP contribution < -0.4 is 0 Å². The van der Waals surface area contributed by atoms with Gasteiger partial charge < -0.3 is 4.48 Å². The average molecular weight is 210 g/mol. The monoisotopic (exact) mass is 210 g/mol. The van der Waals surface area contributed by atoms with Gasteiger partial charge in [-0.1, -0.05) is 20.8 Å². The van der Waals surface area contributed by atoms with Gasteiger partial charge in [-0.05, 0) is 18.8 Å². The van der Waals surface area contributed by atoms with Gasteiger partial charge in [0.1, 0.15) is 0 Å². The Morgan fingerprint density at radius 3 is 2.07 bits per heavy atom. The SMILES string of the molecule is CC1CC(C)[N+]2(CCCC2)CC(C)C1C. The zero-order valence-corrected chi connectivity index (χ0v) is 11.0. The maximum absolute atomic E-state index is 2.51. The number of nitrogens with zero attached hydrogens (tertiary/aromatic N) is 1. The Bertz CT molecular complexity index is 217. The molecular formula is C14H28N+. The fraction of sp³-hybridized carbons (Fsp3) is 1.00. The molecule has 1 spiro atoms. The van der Waals surface area contributed by atoms with Crippen molar-refractivity contribution >= 4 is 0 Å². The van der Waals surface area contributed by atoms with Gasteiger partial charge in [0, 0.05) is 25.2 Å². The second-order valence-electron chi connectivity index (χ2n) is 6.45. The minimum absolute atomic E-state index is 0.912. The van der Waals surface area contributed by atoms with Gasteiger partial charge in [0.15, 0.2) is 0 Å². The van der Waals surface area contributed by atoms with Crippen LogP contribution in [0.15, 0.2) is 0 Å². The molecule has 0 bridgehead atoms. The van der Waals surface area contributed by atoms with E-state index < -0.39 is 0 Å². The fourth-order valence-corrected chi connectivity index (χ4v) is 4.05. The number of hydrogen-bond donors (Lipinski definition) is 0. The molecule has 2 fully saturated rings. The van der Waals surface area contributed by atoms with Gasteiger partial charge in [0.05, 0.1) is 25.7 Å². The second kappa shape index (κ2) is 4.08. The number of quaternary nitrogens is 1. The van der Waals surface area contributed by atoms with Crippen molar-refractivity contribution in [2.75, 3.05) is 19.6 Å². The standard InChI is InChI=1S/C14H28N/c1-11-9-13(3)15(7-5-6-8-15)10-12(2)14(11)4/h11-14H,5-10H2,1-4H3/q+1. The Morgan fingerprint density at radius 1 is 0.867 bits per heavy atom. The van der Waals surface area contributed by atoms with Gasteiger partial charge in [0.25, 0.3) is 0 Å². The quantitative estimate of drug-likeness (QED) is 0.538. The molecule has 2 heterocycles. The van der Waals surface area contributed by atoms with Crippen molar-refractivity contribution in [2.45, 2.75) is 53.0 Å². The number of rotatable bonds is 0. The summed E-state index contributed by atoms with van der Waals surface area (Å²) in [7, 11) is 0. The first-order chi connectivity index (χ1) is 7.05. The van der Waals surface area contributed by atoms with E-state index in [9.17, 15) is 0 Å². The molecule has 2 aliphatic rings. The van der Waals surface area contributed by atoms with Gasteiger partial charge in [-0.15, -0.1) is 0 Å². The van der Waals surface area contributed by atoms with Gasteiger partial charge in [-0.2, -0.15) is 0 Å². The lowest BCUT2D eigenvalue weighted by Gasteiger charge is -2.40. The molecule has 15 heavy (non-hydrogen) atoms. The van der Waals surface area contributed by atoms with Gasteiger partial charge >= 0.3 is 0 Å². The Labute approximate surface area is 95.4 Å². The van der Waals surface area contributed by atoms with Crippen molar-refractivity contribution in [3.63, 3.8) is 0 Å². The highest BCUT2D eigenvalue weighted by Gasteiger charge is 2.43. The summed E-state index contributed by atoms with van der Waals surface area (Å²) in [6.07, 6.45) is 4.39. The normalized spacial score (nSPS) is 45.6. The third kappa shape index (κ3) is 1.95. The van der Waals surface area contributed by atoms with Crippen LogP contribution >= 0.6 is 0 Å². The Kier molecular flexibility index (Phi) is 3.12. The van der Waals surface area contributed by atoms with Crippen LogP contribution in [0.25, 0.3) is 0 Å². The predicted octanol–water partition coefficient (Wildman–Crippen LogP) is 3.30. The minimum atomic E-state index is 0.912. The largest absolute Gasteiger partial charge is 0.321 e. The van der Waals surface area contributed by atoms with Crippen LogP contribution in [-0.4, -0.2) is 30.2 Å². The first kappa shape index (κ1) is 11.4. The van der Waals surface area contributed by atoms with Gasteiger partial charge in [0.2, 0.25) is 0 Å². The van der Waals surface area contributed by atoms with E-state index >= 15 is 0 Å². The summed E-state index contributed by atoms with van der Waals surface area (Å²) in [5.41, 5.74) is 0. The highest BCUT2D eigenvalue weighted by molar-refractivity contribution is 4.77. The van der Waals surface area contributed by atoms with E-state index in [1.54, 1.807) is 0 Å². The second-order valence-corrected chi connectivity index (χ2v) is 6.45. The summed E-state index contributed by atoms with van der Waals surface area (Å²) in [4.78, 5) is 0. The smallest absolute Gasteiger partial charge is 0.0864 e. The van der Waals surface area contributed by atoms with E-state index in [1.807, 2.05) is 0 Å². The molecule has 2 rings (SSSR count). The summed E-state index contributed by atoms with van der Waals surface area (Å²) in [6, 6.07) is 0.912. The van der Waals surface area contributed by atoms with Crippen LogP contribution in [0.2, 0.25) is 0 Å². The molecule has 1 heteroatoms. The molecule has 0 aromatic heterocycles. The van der Waals surface area contributed by atoms with E-state index in [0.717, 1.165) is 23.8 Å². The molecular weight excluding hydrogens is 182 g/mol. The maximum Gasteiger partial charge on any atom is 0.0864 e. The summed E-state index contributed by atoms with van der Waals surface area (Å²) in [6.45, 7) is 14.3. The average Bonchev–Trinajstić information content (AvgIpc) is 2.63. The lowest BCUT2D eigenvalue weighted by atomic mass is 9.84. The molecule has 0 N–H and O–H groups in total. The van der Waals surface area contributed by atoms with Crippen LogP contribution in [0.1, 0.15) is 47.0 Å². The van der Waals surface area contributed by atoms with Crippen molar-refractivity contribution in [1.29, 1.82) is 0 Å². The molecule has 0 radical (unpaired) electrons. The first-order valence-corrected chi connectivity index (χ1v) is 6.91. The van der Waals surface area contributed by atoms with E-state index in [2.05, 4.69) is 27.7 Å². The third-order valence-electron chi connectivity index (χ3n) is 5.55. The molecule has 1 nitrogen and oxygen atoms in total. The topological polar surface area (TPSA) is 0 Å². The highest BCUT2D eigenvalue weighted by Crippen LogP contribution is 2.37. The van der Waals surface area contributed by atoms with Crippen molar-refractivity contribution in [1.82, 2.24) is 0 Å².